The van der Waals surface area contributed by atoms with E-state index in [1.807, 2.05) is 0 Å². The van der Waals surface area contributed by atoms with Gasteiger partial charge in [0.05, 0.1) is 36.7 Å². The number of fused-ring (bicyclic) bond motifs is 3. The summed E-state index contributed by atoms with van der Waals surface area (Å²) in [6, 6.07) is 0. The Morgan fingerprint density at radius 3 is 2.48 bits per heavy atom. The van der Waals surface area contributed by atoms with Gasteiger partial charge in [-0.1, -0.05) is 27.2 Å². The monoisotopic (exact) mass is 449 g/mol. The predicted octanol–water partition coefficient (Wildman–Crippen LogP) is 3.89. The highest BCUT2D eigenvalue weighted by Gasteiger charge is 2.55. The molecule has 2 N–H and O–H groups in total. The van der Waals surface area contributed by atoms with E-state index in [0.29, 0.717) is 29.3 Å². The second-order valence-electron chi connectivity index (χ2n) is 9.65. The zero-order valence-electron chi connectivity index (χ0n) is 18.5. The van der Waals surface area contributed by atoms with E-state index in [1.165, 1.54) is 18.4 Å². The Labute approximate surface area is 186 Å². The van der Waals surface area contributed by atoms with E-state index >= 15 is 0 Å². The third-order valence-electron chi connectivity index (χ3n) is 7.77. The zero-order chi connectivity index (χ0) is 22.5. The van der Waals surface area contributed by atoms with Crippen LogP contribution in [0.25, 0.3) is 0 Å². The second-order valence-corrected chi connectivity index (χ2v) is 10.8. The summed E-state index contributed by atoms with van der Waals surface area (Å²) in [6.45, 7) is 6.76. The number of carboxylic acids is 1. The van der Waals surface area contributed by atoms with Crippen LogP contribution in [-0.2, 0) is 31.9 Å². The molecule has 0 unspecified atom stereocenters. The minimum atomic E-state index is -1.00. The van der Waals surface area contributed by atoms with Gasteiger partial charge in [-0.3, -0.25) is 9.59 Å². The first-order valence-electron chi connectivity index (χ1n) is 11.1. The maximum absolute atomic E-state index is 13.2. The fourth-order valence-corrected chi connectivity index (χ4v) is 6.79. The van der Waals surface area contributed by atoms with Gasteiger partial charge in [-0.15, -0.1) is 11.3 Å². The van der Waals surface area contributed by atoms with Gasteiger partial charge in [-0.25, -0.2) is 4.79 Å². The third-order valence-corrected chi connectivity index (χ3v) is 8.94. The Hall–Kier alpha value is -1.93. The summed E-state index contributed by atoms with van der Waals surface area (Å²) in [6.07, 6.45) is 4.27. The number of carbonyl (C=O) groups excluding carboxylic acids is 2. The minimum Gasteiger partial charge on any atom is -0.481 e. The number of ether oxygens (including phenoxy) is 2. The number of anilines is 1. The number of nitrogens with one attached hydrogen (secondary N) is 1. The number of carboxylic acid groups (broad SMARTS) is 1. The zero-order valence-corrected chi connectivity index (χ0v) is 19.3. The van der Waals surface area contributed by atoms with Gasteiger partial charge in [0.2, 0.25) is 5.91 Å². The summed E-state index contributed by atoms with van der Waals surface area (Å²) < 4.78 is 10.8. The largest absolute Gasteiger partial charge is 0.481 e. The maximum Gasteiger partial charge on any atom is 0.341 e. The summed E-state index contributed by atoms with van der Waals surface area (Å²) in [7, 11) is 1.34. The molecule has 3 aliphatic rings. The van der Waals surface area contributed by atoms with Crippen molar-refractivity contribution in [3.8, 4) is 0 Å². The van der Waals surface area contributed by atoms with Crippen molar-refractivity contribution in [3.05, 3.63) is 16.0 Å². The molecule has 2 bridgehead atoms. The molecule has 0 aromatic carbocycles. The SMILES string of the molecule is CCC(C)(C)[C@H]1CCc2c(sc(NC(=O)[C@H]3[C@@H](C(=O)O)[C@H]4CC[C@@H]3O4)c2C(=O)OC)C1. The van der Waals surface area contributed by atoms with Crippen LogP contribution in [0.5, 0.6) is 0 Å². The molecule has 0 saturated carbocycles. The van der Waals surface area contributed by atoms with Crippen molar-refractivity contribution in [1.29, 1.82) is 0 Å². The first kappa shape index (κ1) is 22.3. The fourth-order valence-electron chi connectivity index (χ4n) is 5.47. The third kappa shape index (κ3) is 3.78. The smallest absolute Gasteiger partial charge is 0.341 e. The Bertz CT molecular complexity index is 906. The normalized spacial score (nSPS) is 29.5. The summed E-state index contributed by atoms with van der Waals surface area (Å²) in [4.78, 5) is 38.7. The minimum absolute atomic E-state index is 0.200. The average Bonchev–Trinajstić information content (AvgIpc) is 3.44. The lowest BCUT2D eigenvalue weighted by Gasteiger charge is -2.36. The lowest BCUT2D eigenvalue weighted by molar-refractivity contribution is -0.147. The average molecular weight is 450 g/mol. The lowest BCUT2D eigenvalue weighted by atomic mass is 9.69. The molecule has 3 heterocycles. The number of aliphatic carboxylic acids is 1. The van der Waals surface area contributed by atoms with Crippen LogP contribution in [0.1, 0.15) is 67.3 Å². The van der Waals surface area contributed by atoms with Gasteiger partial charge in [0.15, 0.2) is 0 Å². The highest BCUT2D eigenvalue weighted by atomic mass is 32.1. The fraction of sp³-hybridized carbons (Fsp3) is 0.696. The van der Waals surface area contributed by atoms with E-state index in [9.17, 15) is 19.5 Å². The Balaban J connectivity index is 1.62. The quantitative estimate of drug-likeness (QED) is 0.639. The van der Waals surface area contributed by atoms with Gasteiger partial charge in [-0.05, 0) is 49.0 Å². The van der Waals surface area contributed by atoms with Crippen molar-refractivity contribution in [1.82, 2.24) is 0 Å². The number of esters is 1. The van der Waals surface area contributed by atoms with Crippen molar-refractivity contribution < 1.29 is 29.0 Å². The van der Waals surface area contributed by atoms with Gasteiger partial charge >= 0.3 is 11.9 Å². The number of rotatable bonds is 6. The summed E-state index contributed by atoms with van der Waals surface area (Å²) in [5.74, 6) is -2.92. The summed E-state index contributed by atoms with van der Waals surface area (Å²) in [5.41, 5.74) is 1.60. The lowest BCUT2D eigenvalue weighted by Crippen LogP contribution is -2.41. The first-order valence-corrected chi connectivity index (χ1v) is 11.9. The highest BCUT2D eigenvalue weighted by molar-refractivity contribution is 7.17. The van der Waals surface area contributed by atoms with Crippen LogP contribution in [0.2, 0.25) is 0 Å². The number of amides is 1. The van der Waals surface area contributed by atoms with Crippen LogP contribution >= 0.6 is 11.3 Å². The van der Waals surface area contributed by atoms with Crippen molar-refractivity contribution in [2.75, 3.05) is 12.4 Å². The van der Waals surface area contributed by atoms with Gasteiger partial charge in [0, 0.05) is 4.88 Å². The summed E-state index contributed by atoms with van der Waals surface area (Å²) in [5, 5.41) is 13.0. The highest BCUT2D eigenvalue weighted by Crippen LogP contribution is 2.47. The van der Waals surface area contributed by atoms with Gasteiger partial charge in [0.25, 0.3) is 0 Å². The van der Waals surface area contributed by atoms with Crippen molar-refractivity contribution in [3.63, 3.8) is 0 Å². The molecular formula is C23H31NO6S. The van der Waals surface area contributed by atoms with Crippen LogP contribution in [0.3, 0.4) is 0 Å². The van der Waals surface area contributed by atoms with E-state index in [4.69, 9.17) is 9.47 Å². The topological polar surface area (TPSA) is 102 Å². The molecule has 1 aromatic heterocycles. The molecule has 5 atom stereocenters. The molecule has 8 heteroatoms. The van der Waals surface area contributed by atoms with E-state index in [0.717, 1.165) is 36.1 Å². The van der Waals surface area contributed by atoms with Crippen LogP contribution < -0.4 is 5.32 Å². The molecule has 31 heavy (non-hydrogen) atoms. The van der Waals surface area contributed by atoms with Crippen molar-refractivity contribution in [2.24, 2.45) is 23.2 Å². The van der Waals surface area contributed by atoms with Crippen LogP contribution in [0.15, 0.2) is 0 Å². The van der Waals surface area contributed by atoms with E-state index in [-0.39, 0.29) is 17.4 Å². The predicted molar refractivity (Wildman–Crippen MR) is 116 cm³/mol. The van der Waals surface area contributed by atoms with Crippen LogP contribution in [0.4, 0.5) is 5.00 Å². The molecule has 0 radical (unpaired) electrons. The molecular weight excluding hydrogens is 418 g/mol. The van der Waals surface area contributed by atoms with Crippen LogP contribution in [0, 0.1) is 23.2 Å². The van der Waals surface area contributed by atoms with E-state index in [1.54, 1.807) is 0 Å². The Morgan fingerprint density at radius 1 is 1.19 bits per heavy atom. The Kier molecular flexibility index (Phi) is 5.89. The molecule has 1 amide bonds. The second kappa shape index (κ2) is 8.20. The van der Waals surface area contributed by atoms with Gasteiger partial charge in [0.1, 0.15) is 5.00 Å². The molecule has 2 fully saturated rings. The molecule has 4 rings (SSSR count). The van der Waals surface area contributed by atoms with Gasteiger partial charge < -0.3 is 19.9 Å². The number of methoxy groups -OCH3 is 1. The van der Waals surface area contributed by atoms with E-state index < -0.39 is 29.9 Å². The number of hydrogen-bond acceptors (Lipinski definition) is 6. The number of carbonyl (C=O) groups is 3. The standard InChI is InChI=1S/C23H31NO6S/c1-5-23(2,3)11-6-7-12-15(10-11)31-20(16(12)22(28)29-4)24-19(25)17-13-8-9-14(30-13)18(17)21(26)27/h11,13-14,17-18H,5-10H2,1-4H3,(H,24,25)(H,26,27)/t11-,13-,14+,17+,18-/m0/s1. The summed E-state index contributed by atoms with van der Waals surface area (Å²) >= 11 is 1.43. The first-order chi connectivity index (χ1) is 14.7. The maximum atomic E-state index is 13.2. The molecule has 2 saturated heterocycles. The Morgan fingerprint density at radius 2 is 1.87 bits per heavy atom. The van der Waals surface area contributed by atoms with Crippen molar-refractivity contribution in [2.45, 2.75) is 71.5 Å². The van der Waals surface area contributed by atoms with E-state index in [2.05, 4.69) is 26.1 Å². The number of hydrogen-bond donors (Lipinski definition) is 2. The molecule has 0 spiro atoms. The van der Waals surface area contributed by atoms with Gasteiger partial charge in [-0.2, -0.15) is 0 Å². The van der Waals surface area contributed by atoms with Crippen molar-refractivity contribution >= 4 is 34.2 Å². The molecule has 1 aromatic rings. The molecule has 170 valence electrons. The molecule has 7 nitrogen and oxygen atoms in total. The number of thiophene rings is 1. The van der Waals surface area contributed by atoms with Crippen LogP contribution in [-0.4, -0.2) is 42.3 Å². The molecule has 2 aliphatic heterocycles. The molecule has 1 aliphatic carbocycles.